The van der Waals surface area contributed by atoms with Crippen LogP contribution in [0.2, 0.25) is 0 Å². The topological polar surface area (TPSA) is 135 Å². The van der Waals surface area contributed by atoms with E-state index < -0.39 is 30.0 Å². The van der Waals surface area contributed by atoms with E-state index in [0.29, 0.717) is 0 Å². The Bertz CT molecular complexity index is 871. The minimum atomic E-state index is -4.47. The predicted octanol–water partition coefficient (Wildman–Crippen LogP) is 0.0671. The summed E-state index contributed by atoms with van der Waals surface area (Å²) in [5, 5.41) is 0.391. The molecule has 4 N–H and O–H groups in total. The summed E-state index contributed by atoms with van der Waals surface area (Å²) in [7, 11) is -8.91. The molecule has 2 rings (SSSR count). The Morgan fingerprint density at radius 1 is 0.950 bits per heavy atom. The van der Waals surface area contributed by atoms with Crippen molar-refractivity contribution in [1.29, 1.82) is 0 Å². The fourth-order valence-corrected chi connectivity index (χ4v) is 2.61. The molecule has 103 valence electrons. The molecular formula is C10H9NNaO6S2. The van der Waals surface area contributed by atoms with Crippen LogP contribution in [-0.2, 0) is 20.2 Å². The zero-order valence-corrected chi connectivity index (χ0v) is 10.9. The molecule has 0 fully saturated rings. The Hall–Kier alpha value is -0.680. The van der Waals surface area contributed by atoms with Crippen LogP contribution in [0, 0.1) is 6.07 Å². The fraction of sp³-hybridized carbons (Fsp3) is 0. The van der Waals surface area contributed by atoms with Crippen molar-refractivity contribution >= 4 is 66.3 Å². The van der Waals surface area contributed by atoms with Gasteiger partial charge in [0.05, 0.1) is 9.79 Å². The standard InChI is InChI=1S/C10H8NO6S2.Na.H/c11-10-5-8(19(15,16)17)4-6-3-7(18(12,13)14)1-2-9(6)10;;/h1,3-5H,11H2,(H,12,13,14)(H,15,16,17);;. The van der Waals surface area contributed by atoms with E-state index in [4.69, 9.17) is 14.8 Å². The normalized spacial score (nSPS) is 12.1. The molecule has 7 nitrogen and oxygen atoms in total. The van der Waals surface area contributed by atoms with E-state index in [2.05, 4.69) is 6.07 Å². The fourth-order valence-electron chi connectivity index (χ4n) is 1.58. The van der Waals surface area contributed by atoms with Crippen LogP contribution in [0.5, 0.6) is 0 Å². The molecule has 0 aliphatic rings. The Morgan fingerprint density at radius 2 is 1.45 bits per heavy atom. The van der Waals surface area contributed by atoms with Gasteiger partial charge < -0.3 is 5.73 Å². The average Bonchev–Trinajstić information content (AvgIpc) is 2.25. The summed E-state index contributed by atoms with van der Waals surface area (Å²) in [6.07, 6.45) is 0. The molecule has 0 amide bonds. The Balaban J connectivity index is 0.00000200. The van der Waals surface area contributed by atoms with E-state index in [9.17, 15) is 16.8 Å². The summed E-state index contributed by atoms with van der Waals surface area (Å²) in [6, 6.07) is 6.64. The van der Waals surface area contributed by atoms with Crippen LogP contribution >= 0.6 is 0 Å². The van der Waals surface area contributed by atoms with E-state index in [1.807, 2.05) is 0 Å². The third-order valence-electron chi connectivity index (χ3n) is 2.43. The Kier molecular flexibility index (Phi) is 4.87. The second kappa shape index (κ2) is 5.60. The third kappa shape index (κ3) is 3.50. The molecule has 0 spiro atoms. The van der Waals surface area contributed by atoms with Crippen LogP contribution in [0.25, 0.3) is 10.8 Å². The van der Waals surface area contributed by atoms with E-state index >= 15 is 0 Å². The number of nitrogen functional groups attached to an aromatic ring is 1. The van der Waals surface area contributed by atoms with Gasteiger partial charge in [-0.1, -0.05) is 0 Å². The molecule has 0 aliphatic heterocycles. The molecule has 0 atom stereocenters. The summed E-state index contributed by atoms with van der Waals surface area (Å²) in [5.74, 6) is 0. The quantitative estimate of drug-likeness (QED) is 0.403. The van der Waals surface area contributed by atoms with Gasteiger partial charge in [0.2, 0.25) is 0 Å². The second-order valence-corrected chi connectivity index (χ2v) is 6.61. The molecule has 0 heterocycles. The van der Waals surface area contributed by atoms with Crippen molar-refractivity contribution in [2.75, 3.05) is 5.73 Å². The van der Waals surface area contributed by atoms with Crippen LogP contribution in [0.15, 0.2) is 34.1 Å². The van der Waals surface area contributed by atoms with Crippen LogP contribution in [0.4, 0.5) is 5.69 Å². The maximum absolute atomic E-state index is 11.0. The van der Waals surface area contributed by atoms with Gasteiger partial charge >= 0.3 is 29.6 Å². The third-order valence-corrected chi connectivity index (χ3v) is 4.09. The van der Waals surface area contributed by atoms with Crippen molar-refractivity contribution in [1.82, 2.24) is 0 Å². The van der Waals surface area contributed by atoms with Crippen molar-refractivity contribution in [3.8, 4) is 0 Å². The maximum atomic E-state index is 11.0. The number of anilines is 1. The van der Waals surface area contributed by atoms with Gasteiger partial charge in [0.15, 0.2) is 0 Å². The summed E-state index contributed by atoms with van der Waals surface area (Å²) >= 11 is 0. The first-order valence-electron chi connectivity index (χ1n) is 4.79. The van der Waals surface area contributed by atoms with Gasteiger partial charge in [-0.2, -0.15) is 16.8 Å². The summed E-state index contributed by atoms with van der Waals surface area (Å²) in [5.41, 5.74) is 5.60. The molecule has 0 saturated heterocycles. The zero-order chi connectivity index (χ0) is 14.4. The van der Waals surface area contributed by atoms with Gasteiger partial charge in [-0.3, -0.25) is 9.11 Å². The number of nitrogens with two attached hydrogens (primary N) is 1. The van der Waals surface area contributed by atoms with Gasteiger partial charge in [-0.25, -0.2) is 0 Å². The first kappa shape index (κ1) is 17.4. The minimum absolute atomic E-state index is 0. The molecule has 0 saturated carbocycles. The summed E-state index contributed by atoms with van der Waals surface area (Å²) < 4.78 is 61.9. The predicted molar refractivity (Wildman–Crippen MR) is 74.0 cm³/mol. The van der Waals surface area contributed by atoms with Crippen LogP contribution in [0.3, 0.4) is 0 Å². The first-order valence-corrected chi connectivity index (χ1v) is 7.67. The molecule has 0 aromatic heterocycles. The number of hydrogen-bond donors (Lipinski definition) is 3. The summed E-state index contributed by atoms with van der Waals surface area (Å²) in [6.45, 7) is 0. The zero-order valence-electron chi connectivity index (χ0n) is 9.23. The Morgan fingerprint density at radius 3 is 1.95 bits per heavy atom. The van der Waals surface area contributed by atoms with Crippen molar-refractivity contribution in [3.63, 3.8) is 0 Å². The SMILES string of the molecule is Nc1cc(S(=O)(=O)O)cc2cc(S(=O)(=O)O)c[c]c12.[NaH]. The summed E-state index contributed by atoms with van der Waals surface area (Å²) in [4.78, 5) is -0.926. The van der Waals surface area contributed by atoms with Crippen LogP contribution < -0.4 is 5.73 Å². The number of benzene rings is 2. The van der Waals surface area contributed by atoms with Gasteiger partial charge in [-0.05, 0) is 35.7 Å². The molecule has 0 aliphatic carbocycles. The molecule has 0 unspecified atom stereocenters. The average molecular weight is 326 g/mol. The number of fused-ring (bicyclic) bond motifs is 1. The van der Waals surface area contributed by atoms with Crippen molar-refractivity contribution in [2.45, 2.75) is 9.79 Å². The molecular weight excluding hydrogens is 317 g/mol. The van der Waals surface area contributed by atoms with Gasteiger partial charge in [-0.15, -0.1) is 0 Å². The second-order valence-electron chi connectivity index (χ2n) is 3.76. The van der Waals surface area contributed by atoms with E-state index in [0.717, 1.165) is 24.3 Å². The monoisotopic (exact) mass is 326 g/mol. The van der Waals surface area contributed by atoms with Crippen LogP contribution in [0.1, 0.15) is 0 Å². The number of hydrogen-bond acceptors (Lipinski definition) is 5. The van der Waals surface area contributed by atoms with Crippen molar-refractivity contribution in [2.24, 2.45) is 0 Å². The van der Waals surface area contributed by atoms with Crippen LogP contribution in [-0.4, -0.2) is 55.5 Å². The molecule has 2 aromatic carbocycles. The molecule has 0 bridgehead atoms. The van der Waals surface area contributed by atoms with Gasteiger partial charge in [0, 0.05) is 11.1 Å². The van der Waals surface area contributed by atoms with Gasteiger partial charge in [0.25, 0.3) is 20.2 Å². The van der Waals surface area contributed by atoms with E-state index in [1.54, 1.807) is 0 Å². The number of rotatable bonds is 2. The van der Waals surface area contributed by atoms with E-state index in [-0.39, 0.29) is 46.0 Å². The van der Waals surface area contributed by atoms with Gasteiger partial charge in [0.1, 0.15) is 0 Å². The molecule has 10 heteroatoms. The Labute approximate surface area is 137 Å². The molecule has 1 radical (unpaired) electrons. The molecule has 20 heavy (non-hydrogen) atoms. The van der Waals surface area contributed by atoms with Crippen molar-refractivity contribution < 1.29 is 25.9 Å². The molecule has 2 aromatic rings. The van der Waals surface area contributed by atoms with Crippen molar-refractivity contribution in [3.05, 3.63) is 30.3 Å². The van der Waals surface area contributed by atoms with E-state index in [1.165, 1.54) is 0 Å². The first-order chi connectivity index (χ1) is 8.59.